The van der Waals surface area contributed by atoms with E-state index in [1.54, 1.807) is 6.07 Å². The Bertz CT molecular complexity index is 484. The van der Waals surface area contributed by atoms with Crippen molar-refractivity contribution in [2.45, 2.75) is 17.4 Å². The molecule has 0 saturated heterocycles. The van der Waals surface area contributed by atoms with E-state index >= 15 is 0 Å². The lowest BCUT2D eigenvalue weighted by Crippen LogP contribution is -2.27. The van der Waals surface area contributed by atoms with Crippen LogP contribution in [0.1, 0.15) is 18.0 Å². The molecule has 1 atom stereocenters. The van der Waals surface area contributed by atoms with Crippen molar-refractivity contribution in [3.8, 4) is 0 Å². The molecule has 1 aliphatic heterocycles. The van der Waals surface area contributed by atoms with Gasteiger partial charge in [0.2, 0.25) is 0 Å². The van der Waals surface area contributed by atoms with Crippen LogP contribution in [0.3, 0.4) is 0 Å². The van der Waals surface area contributed by atoms with Gasteiger partial charge < -0.3 is 5.32 Å². The van der Waals surface area contributed by atoms with Crippen LogP contribution in [0.2, 0.25) is 0 Å². The van der Waals surface area contributed by atoms with Crippen LogP contribution in [0.5, 0.6) is 0 Å². The number of halogens is 1. The molecule has 1 heterocycles. The van der Waals surface area contributed by atoms with Crippen molar-refractivity contribution in [1.29, 1.82) is 0 Å². The maximum Gasteiger partial charge on any atom is 0.179 e. The summed E-state index contributed by atoms with van der Waals surface area (Å²) < 4.78 is 24.5. The van der Waals surface area contributed by atoms with Crippen LogP contribution >= 0.6 is 15.9 Å². The molecule has 0 radical (unpaired) electrons. The van der Waals surface area contributed by atoms with Crippen LogP contribution < -0.4 is 5.32 Å². The normalized spacial score (nSPS) is 23.5. The summed E-state index contributed by atoms with van der Waals surface area (Å²) in [6.07, 6.45) is 0.641. The second-order valence-corrected chi connectivity index (χ2v) is 6.51. The van der Waals surface area contributed by atoms with E-state index < -0.39 is 9.84 Å². The van der Waals surface area contributed by atoms with Crippen molar-refractivity contribution in [2.75, 3.05) is 12.8 Å². The molecule has 0 bridgehead atoms. The van der Waals surface area contributed by atoms with Crippen LogP contribution in [0.25, 0.3) is 0 Å². The number of sulfone groups is 1. The highest BCUT2D eigenvalue weighted by molar-refractivity contribution is 9.10. The Balaban J connectivity index is 2.69. The lowest BCUT2D eigenvalue weighted by molar-refractivity contribution is 0.528. The average Bonchev–Trinajstić information content (AvgIpc) is 2.17. The molecule has 15 heavy (non-hydrogen) atoms. The van der Waals surface area contributed by atoms with Gasteiger partial charge in [0.25, 0.3) is 0 Å². The molecule has 1 aliphatic rings. The molecule has 3 nitrogen and oxygen atoms in total. The SMILES string of the molecule is CNC1CCS(=O)(=O)c2c(Br)cccc21. The molecule has 5 heteroatoms. The van der Waals surface area contributed by atoms with Gasteiger partial charge in [-0.3, -0.25) is 0 Å². The Morgan fingerprint density at radius 1 is 1.47 bits per heavy atom. The molecule has 0 amide bonds. The van der Waals surface area contributed by atoms with E-state index in [1.165, 1.54) is 0 Å². The fourth-order valence-electron chi connectivity index (χ4n) is 1.96. The lowest BCUT2D eigenvalue weighted by Gasteiger charge is -2.25. The van der Waals surface area contributed by atoms with Gasteiger partial charge in [0.15, 0.2) is 9.84 Å². The Morgan fingerprint density at radius 3 is 2.87 bits per heavy atom. The third-order valence-electron chi connectivity index (χ3n) is 2.71. The number of fused-ring (bicyclic) bond motifs is 1. The average molecular weight is 290 g/mol. The Morgan fingerprint density at radius 2 is 2.20 bits per heavy atom. The summed E-state index contributed by atoms with van der Waals surface area (Å²) in [6, 6.07) is 5.65. The van der Waals surface area contributed by atoms with Crippen LogP contribution in [-0.4, -0.2) is 21.2 Å². The van der Waals surface area contributed by atoms with E-state index in [0.717, 1.165) is 5.56 Å². The minimum atomic E-state index is -3.10. The van der Waals surface area contributed by atoms with Gasteiger partial charge in [-0.1, -0.05) is 12.1 Å². The molecule has 1 unspecified atom stereocenters. The monoisotopic (exact) mass is 289 g/mol. The third kappa shape index (κ3) is 1.84. The molecule has 1 N–H and O–H groups in total. The maximum atomic E-state index is 11.9. The molecule has 0 aliphatic carbocycles. The molecule has 0 saturated carbocycles. The Kier molecular flexibility index (Phi) is 2.87. The lowest BCUT2D eigenvalue weighted by atomic mass is 10.0. The molecule has 2 rings (SSSR count). The second-order valence-electron chi connectivity index (χ2n) is 3.61. The summed E-state index contributed by atoms with van der Waals surface area (Å²) >= 11 is 3.31. The van der Waals surface area contributed by atoms with Crippen molar-refractivity contribution in [3.05, 3.63) is 28.2 Å². The number of rotatable bonds is 1. The van der Waals surface area contributed by atoms with Crippen LogP contribution in [0.4, 0.5) is 0 Å². The third-order valence-corrected chi connectivity index (χ3v) is 5.48. The first kappa shape index (κ1) is 11.1. The zero-order valence-electron chi connectivity index (χ0n) is 8.33. The zero-order chi connectivity index (χ0) is 11.1. The predicted octanol–water partition coefficient (Wildman–Crippen LogP) is 1.89. The van der Waals surface area contributed by atoms with Gasteiger partial charge in [0.1, 0.15) is 0 Å². The highest BCUT2D eigenvalue weighted by Crippen LogP contribution is 2.36. The summed E-state index contributed by atoms with van der Waals surface area (Å²) in [4.78, 5) is 0.454. The van der Waals surface area contributed by atoms with Crippen molar-refractivity contribution in [3.63, 3.8) is 0 Å². The van der Waals surface area contributed by atoms with E-state index in [1.807, 2.05) is 19.2 Å². The van der Waals surface area contributed by atoms with E-state index in [0.29, 0.717) is 15.8 Å². The Hall–Kier alpha value is -0.390. The molecule has 82 valence electrons. The topological polar surface area (TPSA) is 46.2 Å². The second kappa shape index (κ2) is 3.88. The van der Waals surface area contributed by atoms with E-state index in [2.05, 4.69) is 21.2 Å². The Labute approximate surface area is 97.9 Å². The van der Waals surface area contributed by atoms with Gasteiger partial charge in [-0.2, -0.15) is 0 Å². The molecule has 0 aromatic heterocycles. The quantitative estimate of drug-likeness (QED) is 0.859. The molecule has 1 aromatic rings. The van der Waals surface area contributed by atoms with Gasteiger partial charge in [-0.25, -0.2) is 8.42 Å². The van der Waals surface area contributed by atoms with Gasteiger partial charge in [0, 0.05) is 10.5 Å². The minimum Gasteiger partial charge on any atom is -0.313 e. The van der Waals surface area contributed by atoms with Crippen molar-refractivity contribution in [1.82, 2.24) is 5.32 Å². The standard InChI is InChI=1S/C10H12BrNO2S/c1-12-9-5-6-15(13,14)10-7(9)3-2-4-8(10)11/h2-4,9,12H,5-6H2,1H3. The van der Waals surface area contributed by atoms with Crippen LogP contribution in [-0.2, 0) is 9.84 Å². The van der Waals surface area contributed by atoms with Gasteiger partial charge in [0.05, 0.1) is 10.6 Å². The molecular weight excluding hydrogens is 278 g/mol. The fourth-order valence-corrected chi connectivity index (χ4v) is 4.76. The first-order valence-electron chi connectivity index (χ1n) is 4.74. The van der Waals surface area contributed by atoms with Gasteiger partial charge >= 0.3 is 0 Å². The number of hydrogen-bond acceptors (Lipinski definition) is 3. The van der Waals surface area contributed by atoms with Gasteiger partial charge in [-0.05, 0) is 41.0 Å². The van der Waals surface area contributed by atoms with E-state index in [9.17, 15) is 8.42 Å². The highest BCUT2D eigenvalue weighted by atomic mass is 79.9. The van der Waals surface area contributed by atoms with Crippen LogP contribution in [0, 0.1) is 0 Å². The number of hydrogen-bond donors (Lipinski definition) is 1. The molecule has 0 fully saturated rings. The summed E-state index contributed by atoms with van der Waals surface area (Å²) in [5.41, 5.74) is 0.873. The molecule has 1 aromatic carbocycles. The number of benzene rings is 1. The predicted molar refractivity (Wildman–Crippen MR) is 62.6 cm³/mol. The summed E-state index contributed by atoms with van der Waals surface area (Å²) in [5.74, 6) is 0.216. The molecular formula is C10H12BrNO2S. The van der Waals surface area contributed by atoms with E-state index in [4.69, 9.17) is 0 Å². The van der Waals surface area contributed by atoms with E-state index in [-0.39, 0.29) is 11.8 Å². The zero-order valence-corrected chi connectivity index (χ0v) is 10.7. The van der Waals surface area contributed by atoms with Crippen molar-refractivity contribution < 1.29 is 8.42 Å². The largest absolute Gasteiger partial charge is 0.313 e. The fraction of sp³-hybridized carbons (Fsp3) is 0.400. The minimum absolute atomic E-state index is 0.140. The number of nitrogens with one attached hydrogen (secondary N) is 1. The van der Waals surface area contributed by atoms with Gasteiger partial charge in [-0.15, -0.1) is 0 Å². The summed E-state index contributed by atoms with van der Waals surface area (Å²) in [5, 5.41) is 3.14. The highest BCUT2D eigenvalue weighted by Gasteiger charge is 2.31. The summed E-state index contributed by atoms with van der Waals surface area (Å²) in [6.45, 7) is 0. The first-order chi connectivity index (χ1) is 7.06. The van der Waals surface area contributed by atoms with Crippen molar-refractivity contribution in [2.24, 2.45) is 0 Å². The molecule has 0 spiro atoms. The first-order valence-corrected chi connectivity index (χ1v) is 7.19. The van der Waals surface area contributed by atoms with Crippen LogP contribution in [0.15, 0.2) is 27.6 Å². The summed E-state index contributed by atoms with van der Waals surface area (Å²) in [7, 11) is -1.25. The van der Waals surface area contributed by atoms with Crippen molar-refractivity contribution >= 4 is 25.8 Å². The maximum absolute atomic E-state index is 11.9. The smallest absolute Gasteiger partial charge is 0.179 e.